The zero-order chi connectivity index (χ0) is 20.4. The van der Waals surface area contributed by atoms with Crippen LogP contribution in [-0.4, -0.2) is 61.4 Å². The first-order chi connectivity index (χ1) is 14.1. The number of piperazine rings is 1. The van der Waals surface area contributed by atoms with E-state index in [1.165, 1.54) is 0 Å². The summed E-state index contributed by atoms with van der Waals surface area (Å²) in [5, 5.41) is 10.9. The molecule has 1 aliphatic rings. The molecule has 152 valence electrons. The molecule has 3 aromatic rings. The number of nitrogens with zero attached hydrogens (tertiary/aromatic N) is 2. The molecule has 4 rings (SSSR count). The number of carbonyl (C=O) groups is 1. The molecule has 0 unspecified atom stereocenters. The van der Waals surface area contributed by atoms with E-state index < -0.39 is 12.0 Å². The molecule has 0 bridgehead atoms. The molecule has 1 aliphatic heterocycles. The molecule has 1 atom stereocenters. The molecule has 2 aromatic carbocycles. The van der Waals surface area contributed by atoms with Crippen molar-refractivity contribution < 1.29 is 19.4 Å². The van der Waals surface area contributed by atoms with Crippen molar-refractivity contribution in [2.45, 2.75) is 6.04 Å². The minimum absolute atomic E-state index is 0.666. The number of ether oxygens (including phenoxy) is 2. The first-order valence-corrected chi connectivity index (χ1v) is 9.62. The van der Waals surface area contributed by atoms with Gasteiger partial charge >= 0.3 is 5.97 Å². The largest absolute Gasteiger partial charge is 0.497 e. The number of rotatable bonds is 6. The summed E-state index contributed by atoms with van der Waals surface area (Å²) in [5.41, 5.74) is 2.71. The van der Waals surface area contributed by atoms with Gasteiger partial charge in [0, 0.05) is 49.0 Å². The van der Waals surface area contributed by atoms with Crippen molar-refractivity contribution in [3.8, 4) is 11.5 Å². The third kappa shape index (κ3) is 3.61. The predicted octanol–water partition coefficient (Wildman–Crippen LogP) is 3.13. The van der Waals surface area contributed by atoms with Crippen LogP contribution in [0.1, 0.15) is 11.6 Å². The first-order valence-electron chi connectivity index (χ1n) is 9.62. The van der Waals surface area contributed by atoms with Gasteiger partial charge in [-0.1, -0.05) is 12.1 Å². The van der Waals surface area contributed by atoms with Crippen LogP contribution in [0.15, 0.2) is 48.7 Å². The fraction of sp³-hybridized carbons (Fsp3) is 0.318. The highest BCUT2D eigenvalue weighted by molar-refractivity contribution is 5.92. The second-order valence-corrected chi connectivity index (χ2v) is 7.09. The van der Waals surface area contributed by atoms with Gasteiger partial charge in [0.1, 0.15) is 17.5 Å². The summed E-state index contributed by atoms with van der Waals surface area (Å²) >= 11 is 0. The zero-order valence-corrected chi connectivity index (χ0v) is 16.6. The minimum atomic E-state index is -0.841. The van der Waals surface area contributed by atoms with Crippen LogP contribution in [0.4, 0.5) is 5.69 Å². The molecule has 0 radical (unpaired) electrons. The smallest absolute Gasteiger partial charge is 0.325 e. The van der Waals surface area contributed by atoms with Crippen molar-refractivity contribution in [1.82, 2.24) is 9.88 Å². The minimum Gasteiger partial charge on any atom is -0.497 e. The number of para-hydroxylation sites is 1. The van der Waals surface area contributed by atoms with E-state index in [2.05, 4.69) is 9.88 Å². The molecule has 0 aliphatic carbocycles. The van der Waals surface area contributed by atoms with E-state index in [9.17, 15) is 9.90 Å². The lowest BCUT2D eigenvalue weighted by Gasteiger charge is -2.38. The van der Waals surface area contributed by atoms with Gasteiger partial charge in [0.15, 0.2) is 0 Å². The number of carboxylic acids is 1. The summed E-state index contributed by atoms with van der Waals surface area (Å²) < 4.78 is 10.6. The van der Waals surface area contributed by atoms with E-state index in [-0.39, 0.29) is 0 Å². The van der Waals surface area contributed by atoms with Crippen LogP contribution in [0.25, 0.3) is 10.9 Å². The van der Waals surface area contributed by atoms with Gasteiger partial charge in [-0.05, 0) is 30.3 Å². The number of fused-ring (bicyclic) bond motifs is 1. The average molecular weight is 395 g/mol. The zero-order valence-electron chi connectivity index (χ0n) is 16.6. The van der Waals surface area contributed by atoms with E-state index in [0.717, 1.165) is 41.0 Å². The van der Waals surface area contributed by atoms with E-state index >= 15 is 0 Å². The van der Waals surface area contributed by atoms with Crippen LogP contribution in [0, 0.1) is 0 Å². The summed E-state index contributed by atoms with van der Waals surface area (Å²) in [7, 11) is 3.27. The van der Waals surface area contributed by atoms with Gasteiger partial charge in [0.05, 0.1) is 19.7 Å². The Morgan fingerprint density at radius 3 is 2.38 bits per heavy atom. The fourth-order valence-electron chi connectivity index (χ4n) is 4.06. The fourth-order valence-corrected chi connectivity index (χ4v) is 4.06. The summed E-state index contributed by atoms with van der Waals surface area (Å²) in [6.45, 7) is 2.86. The number of hydrogen-bond acceptors (Lipinski definition) is 5. The Kier molecular flexibility index (Phi) is 5.31. The number of carboxylic acid groups (broad SMARTS) is 1. The molecule has 0 amide bonds. The van der Waals surface area contributed by atoms with Gasteiger partial charge in [-0.15, -0.1) is 0 Å². The first kappa shape index (κ1) is 19.1. The van der Waals surface area contributed by atoms with E-state index in [1.54, 1.807) is 20.4 Å². The van der Waals surface area contributed by atoms with E-state index in [4.69, 9.17) is 9.47 Å². The quantitative estimate of drug-likeness (QED) is 0.668. The number of benzene rings is 2. The van der Waals surface area contributed by atoms with Gasteiger partial charge in [0.25, 0.3) is 0 Å². The van der Waals surface area contributed by atoms with Crippen LogP contribution < -0.4 is 14.4 Å². The molecular weight excluding hydrogens is 370 g/mol. The maximum atomic E-state index is 12.2. The average Bonchev–Trinajstić information content (AvgIpc) is 3.18. The number of nitrogens with one attached hydrogen (secondary N) is 1. The summed E-state index contributed by atoms with van der Waals surface area (Å²) in [6.07, 6.45) is 1.79. The molecule has 29 heavy (non-hydrogen) atoms. The highest BCUT2D eigenvalue weighted by atomic mass is 16.5. The van der Waals surface area contributed by atoms with Crippen molar-refractivity contribution in [3.63, 3.8) is 0 Å². The Bertz CT molecular complexity index is 991. The highest BCUT2D eigenvalue weighted by Gasteiger charge is 2.32. The van der Waals surface area contributed by atoms with Crippen LogP contribution in [0.3, 0.4) is 0 Å². The number of aromatic amines is 1. The Morgan fingerprint density at radius 2 is 1.76 bits per heavy atom. The lowest BCUT2D eigenvalue weighted by Crippen LogP contribution is -2.49. The lowest BCUT2D eigenvalue weighted by atomic mass is 10.0. The number of methoxy groups -OCH3 is 2. The summed E-state index contributed by atoms with van der Waals surface area (Å²) in [4.78, 5) is 19.7. The topological polar surface area (TPSA) is 78.0 Å². The molecule has 2 heterocycles. The number of hydrogen-bond donors (Lipinski definition) is 2. The Hall–Kier alpha value is -3.19. The SMILES string of the molecule is COc1ccc(N2CCN([C@@H](C(=O)O)c3c[nH]c4c(OC)cccc34)CC2)cc1. The molecular formula is C22H25N3O4. The second-order valence-electron chi connectivity index (χ2n) is 7.09. The van der Waals surface area contributed by atoms with Crippen LogP contribution in [0.2, 0.25) is 0 Å². The molecule has 7 nitrogen and oxygen atoms in total. The van der Waals surface area contributed by atoms with Crippen molar-refractivity contribution >= 4 is 22.6 Å². The van der Waals surface area contributed by atoms with Crippen LogP contribution in [0.5, 0.6) is 11.5 Å². The van der Waals surface area contributed by atoms with E-state index in [0.29, 0.717) is 18.8 Å². The van der Waals surface area contributed by atoms with Crippen molar-refractivity contribution in [2.75, 3.05) is 45.3 Å². The molecule has 0 spiro atoms. The molecule has 7 heteroatoms. The summed E-state index contributed by atoms with van der Waals surface area (Å²) in [6, 6.07) is 13.0. The van der Waals surface area contributed by atoms with Gasteiger partial charge in [-0.2, -0.15) is 0 Å². The lowest BCUT2D eigenvalue weighted by molar-refractivity contribution is -0.143. The Morgan fingerprint density at radius 1 is 1.03 bits per heavy atom. The third-order valence-corrected chi connectivity index (χ3v) is 5.57. The van der Waals surface area contributed by atoms with Gasteiger partial charge in [-0.25, -0.2) is 0 Å². The molecule has 1 fully saturated rings. The van der Waals surface area contributed by atoms with E-state index in [1.807, 2.05) is 47.4 Å². The van der Waals surface area contributed by atoms with Crippen molar-refractivity contribution in [2.24, 2.45) is 0 Å². The van der Waals surface area contributed by atoms with Crippen molar-refractivity contribution in [1.29, 1.82) is 0 Å². The van der Waals surface area contributed by atoms with Gasteiger partial charge < -0.3 is 24.5 Å². The van der Waals surface area contributed by atoms with Crippen molar-refractivity contribution in [3.05, 3.63) is 54.2 Å². The maximum Gasteiger partial charge on any atom is 0.325 e. The number of aromatic nitrogens is 1. The van der Waals surface area contributed by atoms with Crippen LogP contribution in [-0.2, 0) is 4.79 Å². The Labute approximate surface area is 169 Å². The van der Waals surface area contributed by atoms with Crippen LogP contribution >= 0.6 is 0 Å². The number of H-pyrrole nitrogens is 1. The van der Waals surface area contributed by atoms with Gasteiger partial charge in [-0.3, -0.25) is 9.69 Å². The standard InChI is InChI=1S/C22H25N3O4/c1-28-16-8-6-15(7-9-16)24-10-12-25(13-11-24)21(22(26)27)18-14-23-20-17(18)4-3-5-19(20)29-2/h3-9,14,21,23H,10-13H2,1-2H3,(H,26,27)/t21-/m1/s1. The third-order valence-electron chi connectivity index (χ3n) is 5.57. The molecule has 1 aromatic heterocycles. The number of aliphatic carboxylic acids is 1. The number of anilines is 1. The molecule has 0 saturated carbocycles. The molecule has 1 saturated heterocycles. The molecule has 2 N–H and O–H groups in total. The van der Waals surface area contributed by atoms with Gasteiger partial charge in [0.2, 0.25) is 0 Å². The summed E-state index contributed by atoms with van der Waals surface area (Å²) in [5.74, 6) is 0.696. The Balaban J connectivity index is 1.54. The second kappa shape index (κ2) is 8.05. The monoisotopic (exact) mass is 395 g/mol. The highest BCUT2D eigenvalue weighted by Crippen LogP contribution is 2.34. The normalized spacial score (nSPS) is 16.0. The predicted molar refractivity (Wildman–Crippen MR) is 112 cm³/mol. The maximum absolute atomic E-state index is 12.2.